The van der Waals surface area contributed by atoms with Crippen LogP contribution in [0.2, 0.25) is 0 Å². The molecule has 0 saturated carbocycles. The Hall–Kier alpha value is -0.620. The Kier molecular flexibility index (Phi) is 5.65. The summed E-state index contributed by atoms with van der Waals surface area (Å²) in [7, 11) is 0. The lowest BCUT2D eigenvalue weighted by Gasteiger charge is -2.44. The second-order valence-corrected chi connectivity index (χ2v) is 8.87. The maximum absolute atomic E-state index is 9.36. The summed E-state index contributed by atoms with van der Waals surface area (Å²) < 4.78 is 7.19. The molecule has 0 aliphatic carbocycles. The molecule has 0 aromatic heterocycles. The van der Waals surface area contributed by atoms with Crippen LogP contribution in [0.4, 0.5) is 0 Å². The van der Waals surface area contributed by atoms with E-state index in [0.29, 0.717) is 12.0 Å². The lowest BCUT2D eigenvalue weighted by Crippen LogP contribution is -2.52. The van der Waals surface area contributed by atoms with Gasteiger partial charge in [-0.3, -0.25) is 4.90 Å². The average Bonchev–Trinajstić information content (AvgIpc) is 2.66. The second kappa shape index (κ2) is 7.95. The zero-order valence-electron chi connectivity index (χ0n) is 14.8. The van der Waals surface area contributed by atoms with Crippen molar-refractivity contribution in [1.29, 1.82) is 0 Å². The molecule has 6 fully saturated rings. The minimum absolute atomic E-state index is 0.00694. The van der Waals surface area contributed by atoms with E-state index in [4.69, 9.17) is 4.74 Å². The third-order valence-electron chi connectivity index (χ3n) is 6.32. The molecule has 0 spiro atoms. The molecule has 4 nitrogen and oxygen atoms in total. The van der Waals surface area contributed by atoms with Crippen molar-refractivity contribution in [2.45, 2.75) is 37.9 Å². The van der Waals surface area contributed by atoms with E-state index in [2.05, 4.69) is 25.7 Å². The second-order valence-electron chi connectivity index (χ2n) is 7.95. The highest BCUT2D eigenvalue weighted by molar-refractivity contribution is 9.10. The molecule has 1 aromatic carbocycles. The quantitative estimate of drug-likeness (QED) is 0.815. The normalized spacial score (nSPS) is 38.8. The molecule has 0 amide bonds. The zero-order valence-corrected chi connectivity index (χ0v) is 16.4. The summed E-state index contributed by atoms with van der Waals surface area (Å²) in [4.78, 5) is 4.87. The number of piperidine rings is 6. The van der Waals surface area contributed by atoms with Crippen LogP contribution in [-0.2, 0) is 0 Å². The Morgan fingerprint density at radius 2 is 1.40 bits per heavy atom. The summed E-state index contributed by atoms with van der Waals surface area (Å²) >= 11 is 3.44. The lowest BCUT2D eigenvalue weighted by molar-refractivity contribution is -0.0227. The Morgan fingerprint density at radius 1 is 0.840 bits per heavy atom. The number of benzene rings is 1. The first-order valence-electron chi connectivity index (χ1n) is 9.72. The number of aliphatic hydroxyl groups excluding tert-OH is 1. The molecule has 2 atom stereocenters. The molecule has 0 radical (unpaired) electrons. The van der Waals surface area contributed by atoms with E-state index in [9.17, 15) is 5.11 Å². The summed E-state index contributed by atoms with van der Waals surface area (Å²) in [5, 5.41) is 9.36. The summed E-state index contributed by atoms with van der Waals surface area (Å²) in [6.45, 7) is 7.03. The number of aliphatic hydroxyl groups is 1. The van der Waals surface area contributed by atoms with E-state index in [1.807, 2.05) is 24.3 Å². The minimum Gasteiger partial charge on any atom is -0.489 e. The molecule has 6 heterocycles. The standard InChI is InChI=1S/C13H16BrNO.C7H13NO/c14-11-1-3-12(4-2-11)16-13-9-15-7-5-10(13)6-8-15;9-7-5-8-3-1-6(7)2-4-8/h1-4,10,13H,5-9H2;6-7,9H,1-5H2. The Labute approximate surface area is 159 Å². The fourth-order valence-electron chi connectivity index (χ4n) is 4.67. The predicted octanol–water partition coefficient (Wildman–Crippen LogP) is 3.00. The Morgan fingerprint density at radius 3 is 1.80 bits per heavy atom. The third kappa shape index (κ3) is 4.38. The fraction of sp³-hybridized carbons (Fsp3) is 0.700. The molecule has 4 bridgehead atoms. The van der Waals surface area contributed by atoms with E-state index in [0.717, 1.165) is 29.2 Å². The minimum atomic E-state index is -0.00694. The molecule has 2 unspecified atom stereocenters. The van der Waals surface area contributed by atoms with E-state index in [-0.39, 0.29) is 6.10 Å². The van der Waals surface area contributed by atoms with Crippen LogP contribution in [0.1, 0.15) is 25.7 Å². The van der Waals surface area contributed by atoms with Gasteiger partial charge < -0.3 is 14.7 Å². The van der Waals surface area contributed by atoms with E-state index in [1.165, 1.54) is 51.9 Å². The Bertz CT molecular complexity index is 551. The van der Waals surface area contributed by atoms with Crippen LogP contribution in [0, 0.1) is 11.8 Å². The van der Waals surface area contributed by atoms with Crippen LogP contribution in [0.15, 0.2) is 28.7 Å². The van der Waals surface area contributed by atoms with Gasteiger partial charge in [-0.2, -0.15) is 0 Å². The van der Waals surface area contributed by atoms with Gasteiger partial charge in [0, 0.05) is 17.6 Å². The molecule has 138 valence electrons. The van der Waals surface area contributed by atoms with Gasteiger partial charge in [0.15, 0.2) is 0 Å². The number of hydrogen-bond donors (Lipinski definition) is 1. The van der Waals surface area contributed by atoms with Crippen molar-refractivity contribution >= 4 is 15.9 Å². The summed E-state index contributed by atoms with van der Waals surface area (Å²) in [6.07, 6.45) is 5.46. The highest BCUT2D eigenvalue weighted by atomic mass is 79.9. The number of hydrogen-bond acceptors (Lipinski definition) is 4. The van der Waals surface area contributed by atoms with Crippen molar-refractivity contribution < 1.29 is 9.84 Å². The molecule has 1 N–H and O–H groups in total. The van der Waals surface area contributed by atoms with Gasteiger partial charge in [0.05, 0.1) is 6.10 Å². The summed E-state index contributed by atoms with van der Waals surface area (Å²) in [6, 6.07) is 8.16. The van der Waals surface area contributed by atoms with Crippen LogP contribution in [-0.4, -0.2) is 66.4 Å². The molecule has 6 aliphatic rings. The largest absolute Gasteiger partial charge is 0.489 e. The van der Waals surface area contributed by atoms with Gasteiger partial charge in [0.2, 0.25) is 0 Å². The summed E-state index contributed by atoms with van der Waals surface area (Å²) in [5.74, 6) is 2.41. The van der Waals surface area contributed by atoms with Gasteiger partial charge in [-0.15, -0.1) is 0 Å². The van der Waals surface area contributed by atoms with Crippen LogP contribution in [0.25, 0.3) is 0 Å². The lowest BCUT2D eigenvalue weighted by atomic mass is 9.86. The van der Waals surface area contributed by atoms with Crippen LogP contribution in [0.5, 0.6) is 5.75 Å². The van der Waals surface area contributed by atoms with Crippen molar-refractivity contribution in [2.24, 2.45) is 11.8 Å². The number of fused-ring (bicyclic) bond motifs is 6. The summed E-state index contributed by atoms with van der Waals surface area (Å²) in [5.41, 5.74) is 0. The first kappa shape index (κ1) is 17.8. The molecular formula is C20H29BrN2O2. The number of nitrogens with zero attached hydrogens (tertiary/aromatic N) is 2. The third-order valence-corrected chi connectivity index (χ3v) is 6.85. The first-order chi connectivity index (χ1) is 12.2. The molecule has 6 aliphatic heterocycles. The van der Waals surface area contributed by atoms with Crippen molar-refractivity contribution in [2.75, 3.05) is 39.3 Å². The van der Waals surface area contributed by atoms with Crippen molar-refractivity contribution in [3.63, 3.8) is 0 Å². The molecule has 1 aromatic rings. The average molecular weight is 409 g/mol. The van der Waals surface area contributed by atoms with Crippen molar-refractivity contribution in [3.05, 3.63) is 28.7 Å². The number of ether oxygens (including phenoxy) is 1. The SMILES string of the molecule is Brc1ccc(OC2CN3CCC2CC3)cc1.OC1CN2CCC1CC2. The maximum Gasteiger partial charge on any atom is 0.119 e. The number of rotatable bonds is 2. The van der Waals surface area contributed by atoms with Crippen LogP contribution >= 0.6 is 15.9 Å². The van der Waals surface area contributed by atoms with E-state index >= 15 is 0 Å². The monoisotopic (exact) mass is 408 g/mol. The van der Waals surface area contributed by atoms with Crippen LogP contribution in [0.3, 0.4) is 0 Å². The van der Waals surface area contributed by atoms with Gasteiger partial charge in [0.1, 0.15) is 11.9 Å². The Balaban J connectivity index is 0.000000147. The van der Waals surface area contributed by atoms with E-state index < -0.39 is 0 Å². The fourth-order valence-corrected chi connectivity index (χ4v) is 4.93. The van der Waals surface area contributed by atoms with Gasteiger partial charge in [-0.25, -0.2) is 0 Å². The molecule has 5 heteroatoms. The zero-order chi connectivity index (χ0) is 17.2. The predicted molar refractivity (Wildman–Crippen MR) is 103 cm³/mol. The highest BCUT2D eigenvalue weighted by Gasteiger charge is 2.35. The molecule has 6 saturated heterocycles. The molecule has 25 heavy (non-hydrogen) atoms. The van der Waals surface area contributed by atoms with E-state index in [1.54, 1.807) is 0 Å². The molecular weight excluding hydrogens is 380 g/mol. The highest BCUT2D eigenvalue weighted by Crippen LogP contribution is 2.31. The van der Waals surface area contributed by atoms with Crippen molar-refractivity contribution in [1.82, 2.24) is 9.80 Å². The van der Waals surface area contributed by atoms with Gasteiger partial charge in [-0.05, 0) is 88.0 Å². The smallest absolute Gasteiger partial charge is 0.119 e. The topological polar surface area (TPSA) is 35.9 Å². The van der Waals surface area contributed by atoms with Gasteiger partial charge >= 0.3 is 0 Å². The number of halogens is 1. The van der Waals surface area contributed by atoms with Gasteiger partial charge in [-0.1, -0.05) is 15.9 Å². The van der Waals surface area contributed by atoms with Gasteiger partial charge in [0.25, 0.3) is 0 Å². The van der Waals surface area contributed by atoms with Crippen molar-refractivity contribution in [3.8, 4) is 5.75 Å². The maximum atomic E-state index is 9.36. The first-order valence-corrected chi connectivity index (χ1v) is 10.5. The van der Waals surface area contributed by atoms with Crippen LogP contribution < -0.4 is 4.74 Å². The molecule has 7 rings (SSSR count).